The van der Waals surface area contributed by atoms with E-state index in [-0.39, 0.29) is 0 Å². The molecule has 1 rings (SSSR count). The molecule has 1 fully saturated rings. The van der Waals surface area contributed by atoms with Gasteiger partial charge in [0.15, 0.2) is 12.2 Å². The maximum absolute atomic E-state index is 11.4. The van der Waals surface area contributed by atoms with Crippen molar-refractivity contribution in [3.8, 4) is 24.7 Å². The van der Waals surface area contributed by atoms with Crippen molar-refractivity contribution in [2.24, 2.45) is 0 Å². The van der Waals surface area contributed by atoms with Crippen molar-refractivity contribution >= 4 is 18.2 Å². The molecule has 0 saturated carbocycles. The van der Waals surface area contributed by atoms with E-state index in [0.717, 1.165) is 11.4 Å². The molecule has 1 heterocycles. The van der Waals surface area contributed by atoms with Crippen LogP contribution in [0.2, 0.25) is 0 Å². The molecule has 0 N–H and O–H groups in total. The topological polar surface area (TPSA) is 35.5 Å². The molecule has 0 radical (unpaired) electrons. The zero-order chi connectivity index (χ0) is 9.19. The minimum absolute atomic E-state index is 0.687. The van der Waals surface area contributed by atoms with E-state index >= 15 is 0 Å². The predicted octanol–water partition coefficient (Wildman–Crippen LogP) is 1.51. The van der Waals surface area contributed by atoms with E-state index in [9.17, 15) is 4.57 Å². The highest BCUT2D eigenvalue weighted by Crippen LogP contribution is 2.65. The van der Waals surface area contributed by atoms with Crippen LogP contribution in [-0.2, 0) is 13.6 Å². The Bertz CT molecular complexity index is 275. The molecule has 2 atom stereocenters. The molecule has 1 aliphatic rings. The monoisotopic (exact) mass is 202 g/mol. The van der Waals surface area contributed by atoms with Gasteiger partial charge in [0.2, 0.25) is 0 Å². The zero-order valence-electron chi connectivity index (χ0n) is 6.39. The molecule has 64 valence electrons. The van der Waals surface area contributed by atoms with Crippen molar-refractivity contribution < 1.29 is 13.6 Å². The Balaban J connectivity index is 2.82. The van der Waals surface area contributed by atoms with Crippen LogP contribution in [0.1, 0.15) is 0 Å². The van der Waals surface area contributed by atoms with Gasteiger partial charge in [-0.1, -0.05) is 11.8 Å². The molecule has 0 aromatic rings. The SMILES string of the molecule is C#CC1OP(=O)(SC)OC1C#C. The van der Waals surface area contributed by atoms with Gasteiger partial charge in [-0.3, -0.25) is 9.05 Å². The molecule has 0 aromatic carbocycles. The van der Waals surface area contributed by atoms with Gasteiger partial charge in [0.05, 0.1) is 0 Å². The van der Waals surface area contributed by atoms with Gasteiger partial charge >= 0.3 is 6.80 Å². The lowest BCUT2D eigenvalue weighted by Crippen LogP contribution is -2.17. The molecule has 0 spiro atoms. The Kier molecular flexibility index (Phi) is 2.88. The van der Waals surface area contributed by atoms with E-state index in [1.807, 2.05) is 0 Å². The van der Waals surface area contributed by atoms with Gasteiger partial charge < -0.3 is 0 Å². The first-order valence-corrected chi connectivity index (χ1v) is 6.47. The number of hydrogen-bond acceptors (Lipinski definition) is 4. The van der Waals surface area contributed by atoms with E-state index in [0.29, 0.717) is 0 Å². The second kappa shape index (κ2) is 3.56. The molecule has 0 amide bonds. The van der Waals surface area contributed by atoms with Crippen LogP contribution >= 0.6 is 18.2 Å². The third kappa shape index (κ3) is 1.68. The highest BCUT2D eigenvalue weighted by molar-refractivity contribution is 8.54. The minimum atomic E-state index is -3.06. The van der Waals surface area contributed by atoms with E-state index in [4.69, 9.17) is 21.9 Å². The summed E-state index contributed by atoms with van der Waals surface area (Å²) < 4.78 is 21.4. The molecular weight excluding hydrogens is 195 g/mol. The molecule has 1 aliphatic heterocycles. The standard InChI is InChI=1S/C7H7O3PS/c1-4-6-7(5-2)10-11(8,9-6)12-3/h1-2,6-7H,3H3. The van der Waals surface area contributed by atoms with E-state index < -0.39 is 19.0 Å². The smallest absolute Gasteiger partial charge is 0.280 e. The molecule has 12 heavy (non-hydrogen) atoms. The summed E-state index contributed by atoms with van der Waals surface area (Å²) in [6, 6.07) is 0. The molecule has 2 unspecified atom stereocenters. The van der Waals surface area contributed by atoms with Gasteiger partial charge in [0.1, 0.15) is 0 Å². The maximum Gasteiger partial charge on any atom is 0.391 e. The number of terminal acetylenes is 2. The van der Waals surface area contributed by atoms with Crippen LogP contribution in [-0.4, -0.2) is 18.5 Å². The summed E-state index contributed by atoms with van der Waals surface area (Å²) in [5.41, 5.74) is 0. The summed E-state index contributed by atoms with van der Waals surface area (Å²) in [6.07, 6.45) is 10.4. The summed E-state index contributed by atoms with van der Waals surface area (Å²) in [4.78, 5) is 0. The molecule has 5 heteroatoms. The van der Waals surface area contributed by atoms with Crippen LogP contribution in [0.25, 0.3) is 0 Å². The molecule has 1 saturated heterocycles. The first-order chi connectivity index (χ1) is 5.65. The van der Waals surface area contributed by atoms with Crippen molar-refractivity contribution in [3.63, 3.8) is 0 Å². The Morgan fingerprint density at radius 3 is 2.00 bits per heavy atom. The second-order valence-corrected chi connectivity index (χ2v) is 6.13. The van der Waals surface area contributed by atoms with Gasteiger partial charge in [-0.25, -0.2) is 4.57 Å². The minimum Gasteiger partial charge on any atom is -0.280 e. The first-order valence-electron chi connectivity index (χ1n) is 3.10. The van der Waals surface area contributed by atoms with Crippen LogP contribution in [0, 0.1) is 24.7 Å². The quantitative estimate of drug-likeness (QED) is 0.477. The zero-order valence-corrected chi connectivity index (χ0v) is 8.10. The average molecular weight is 202 g/mol. The van der Waals surface area contributed by atoms with E-state index in [1.54, 1.807) is 6.26 Å². The van der Waals surface area contributed by atoms with Crippen LogP contribution < -0.4 is 0 Å². The molecule has 3 nitrogen and oxygen atoms in total. The highest BCUT2D eigenvalue weighted by Gasteiger charge is 2.42. The number of rotatable bonds is 1. The molecule has 0 bridgehead atoms. The average Bonchev–Trinajstić information content (AvgIpc) is 2.43. The Hall–Kier alpha value is -0.380. The third-order valence-electron chi connectivity index (χ3n) is 1.31. The lowest BCUT2D eigenvalue weighted by Gasteiger charge is -2.03. The van der Waals surface area contributed by atoms with Crippen LogP contribution in [0.4, 0.5) is 0 Å². The van der Waals surface area contributed by atoms with E-state index in [2.05, 4.69) is 11.8 Å². The van der Waals surface area contributed by atoms with E-state index in [1.165, 1.54) is 0 Å². The normalized spacial score (nSPS) is 40.2. The largest absolute Gasteiger partial charge is 0.391 e. The van der Waals surface area contributed by atoms with Crippen molar-refractivity contribution in [2.45, 2.75) is 12.2 Å². The summed E-state index contributed by atoms with van der Waals surface area (Å²) in [6.45, 7) is -3.06. The summed E-state index contributed by atoms with van der Waals surface area (Å²) in [5, 5.41) is 0. The van der Waals surface area contributed by atoms with Gasteiger partial charge in [0.25, 0.3) is 0 Å². The molecule has 0 aromatic heterocycles. The fraction of sp³-hybridized carbons (Fsp3) is 0.429. The van der Waals surface area contributed by atoms with Gasteiger partial charge in [0, 0.05) is 0 Å². The summed E-state index contributed by atoms with van der Waals surface area (Å²) in [5.74, 6) is 4.56. The van der Waals surface area contributed by atoms with Crippen LogP contribution in [0.15, 0.2) is 0 Å². The van der Waals surface area contributed by atoms with Crippen LogP contribution in [0.3, 0.4) is 0 Å². The summed E-state index contributed by atoms with van der Waals surface area (Å²) >= 11 is 0.993. The molecular formula is C7H7O3PS. The Morgan fingerprint density at radius 1 is 1.33 bits per heavy atom. The fourth-order valence-corrected chi connectivity index (χ4v) is 2.93. The first kappa shape index (κ1) is 9.71. The van der Waals surface area contributed by atoms with Gasteiger partial charge in [-0.15, -0.1) is 12.8 Å². The van der Waals surface area contributed by atoms with Crippen molar-refractivity contribution in [1.82, 2.24) is 0 Å². The van der Waals surface area contributed by atoms with Crippen molar-refractivity contribution in [3.05, 3.63) is 0 Å². The molecule has 0 aliphatic carbocycles. The van der Waals surface area contributed by atoms with Crippen molar-refractivity contribution in [2.75, 3.05) is 6.26 Å². The predicted molar refractivity (Wildman–Crippen MR) is 48.5 cm³/mol. The Labute approximate surface area is 75.5 Å². The fourth-order valence-electron chi connectivity index (χ4n) is 0.735. The third-order valence-corrected chi connectivity index (χ3v) is 4.59. The summed E-state index contributed by atoms with van der Waals surface area (Å²) in [7, 11) is 0. The highest BCUT2D eigenvalue weighted by atomic mass is 32.7. The van der Waals surface area contributed by atoms with Gasteiger partial charge in [-0.05, 0) is 17.6 Å². The lowest BCUT2D eigenvalue weighted by molar-refractivity contribution is 0.251. The van der Waals surface area contributed by atoms with Gasteiger partial charge in [-0.2, -0.15) is 0 Å². The van der Waals surface area contributed by atoms with Crippen molar-refractivity contribution in [1.29, 1.82) is 0 Å². The Morgan fingerprint density at radius 2 is 1.75 bits per heavy atom. The maximum atomic E-state index is 11.4. The lowest BCUT2D eigenvalue weighted by atomic mass is 10.2. The number of hydrogen-bond donors (Lipinski definition) is 0. The van der Waals surface area contributed by atoms with Crippen LogP contribution in [0.5, 0.6) is 0 Å². The second-order valence-electron chi connectivity index (χ2n) is 2.02.